The van der Waals surface area contributed by atoms with Crippen LogP contribution in [0.3, 0.4) is 0 Å². The number of nitrogens with zero attached hydrogens (tertiary/aromatic N) is 1. The molecule has 1 aliphatic heterocycles. The number of benzene rings is 1. The molecule has 3 amide bonds. The van der Waals surface area contributed by atoms with E-state index in [1.165, 1.54) is 4.90 Å². The number of fused-ring (bicyclic) bond motifs is 1. The van der Waals surface area contributed by atoms with Crippen LogP contribution in [0.2, 0.25) is 0 Å². The Morgan fingerprint density at radius 1 is 1.29 bits per heavy atom. The fourth-order valence-electron chi connectivity index (χ4n) is 2.57. The second-order valence-corrected chi connectivity index (χ2v) is 5.09. The number of hydrogen-bond acceptors (Lipinski definition) is 5. The molecule has 3 rings (SSSR count). The number of nitrogens with one attached hydrogen (secondary N) is 1. The second kappa shape index (κ2) is 5.17. The number of rotatable bonds is 5. The standard InChI is InChI=1S/C14H15N3O4/c15-16-12(18)8-3-1-2-4-11(8)21-6-5-17-13(19)9-7-10(9)14(17)20/h1-4,9-10H,5-7,15H2,(H,16,18). The van der Waals surface area contributed by atoms with Crippen molar-refractivity contribution in [3.63, 3.8) is 0 Å². The monoisotopic (exact) mass is 289 g/mol. The van der Waals surface area contributed by atoms with Crippen molar-refractivity contribution in [2.45, 2.75) is 6.42 Å². The Labute approximate surface area is 121 Å². The molecule has 1 aromatic carbocycles. The summed E-state index contributed by atoms with van der Waals surface area (Å²) in [7, 11) is 0. The number of hydrogen-bond donors (Lipinski definition) is 2. The maximum atomic E-state index is 11.8. The summed E-state index contributed by atoms with van der Waals surface area (Å²) in [5.41, 5.74) is 2.35. The van der Waals surface area contributed by atoms with Gasteiger partial charge in [-0.15, -0.1) is 0 Å². The van der Waals surface area contributed by atoms with Gasteiger partial charge in [-0.1, -0.05) is 12.1 Å². The van der Waals surface area contributed by atoms with E-state index in [1.54, 1.807) is 24.3 Å². The van der Waals surface area contributed by atoms with Crippen molar-refractivity contribution in [1.29, 1.82) is 0 Å². The molecular formula is C14H15N3O4. The molecule has 1 saturated heterocycles. The first-order valence-electron chi connectivity index (χ1n) is 6.71. The van der Waals surface area contributed by atoms with Gasteiger partial charge in [0.25, 0.3) is 5.91 Å². The van der Waals surface area contributed by atoms with E-state index in [9.17, 15) is 14.4 Å². The van der Waals surface area contributed by atoms with Crippen LogP contribution in [-0.2, 0) is 9.59 Å². The molecule has 0 bridgehead atoms. The number of carbonyl (C=O) groups is 3. The molecule has 21 heavy (non-hydrogen) atoms. The number of imide groups is 1. The first-order valence-corrected chi connectivity index (χ1v) is 6.71. The molecule has 0 radical (unpaired) electrons. The first-order chi connectivity index (χ1) is 10.1. The predicted octanol–water partition coefficient (Wildman–Crippen LogP) is -0.326. The third-order valence-electron chi connectivity index (χ3n) is 3.79. The number of likely N-dealkylation sites (tertiary alicyclic amines) is 1. The van der Waals surface area contributed by atoms with E-state index in [0.29, 0.717) is 17.7 Å². The Morgan fingerprint density at radius 3 is 2.62 bits per heavy atom. The van der Waals surface area contributed by atoms with Crippen molar-refractivity contribution in [2.24, 2.45) is 17.7 Å². The van der Waals surface area contributed by atoms with Gasteiger partial charge >= 0.3 is 0 Å². The van der Waals surface area contributed by atoms with Crippen LogP contribution in [0.4, 0.5) is 0 Å². The van der Waals surface area contributed by atoms with Crippen molar-refractivity contribution in [1.82, 2.24) is 10.3 Å². The molecule has 2 aliphatic rings. The quantitative estimate of drug-likeness (QED) is 0.334. The van der Waals surface area contributed by atoms with Crippen molar-refractivity contribution < 1.29 is 19.1 Å². The smallest absolute Gasteiger partial charge is 0.268 e. The molecule has 3 N–H and O–H groups in total. The number of hydrazine groups is 1. The third-order valence-corrected chi connectivity index (χ3v) is 3.79. The number of ether oxygens (including phenoxy) is 1. The highest BCUT2D eigenvalue weighted by Crippen LogP contribution is 2.46. The van der Waals surface area contributed by atoms with Crippen molar-refractivity contribution >= 4 is 17.7 Å². The van der Waals surface area contributed by atoms with Gasteiger partial charge in [0.1, 0.15) is 12.4 Å². The zero-order chi connectivity index (χ0) is 15.0. The van der Waals surface area contributed by atoms with Crippen LogP contribution in [0.5, 0.6) is 5.75 Å². The summed E-state index contributed by atoms with van der Waals surface area (Å²) >= 11 is 0. The second-order valence-electron chi connectivity index (χ2n) is 5.09. The number of piperidine rings is 1. The van der Waals surface area contributed by atoms with Gasteiger partial charge in [-0.25, -0.2) is 5.84 Å². The fourth-order valence-corrected chi connectivity index (χ4v) is 2.57. The molecule has 2 unspecified atom stereocenters. The van der Waals surface area contributed by atoms with E-state index >= 15 is 0 Å². The van der Waals surface area contributed by atoms with E-state index in [0.717, 1.165) is 0 Å². The maximum absolute atomic E-state index is 11.8. The third kappa shape index (κ3) is 2.36. The summed E-state index contributed by atoms with van der Waals surface area (Å²) in [6.07, 6.45) is 0.689. The molecular weight excluding hydrogens is 274 g/mol. The minimum Gasteiger partial charge on any atom is -0.491 e. The lowest BCUT2D eigenvalue weighted by molar-refractivity contribution is -0.141. The Kier molecular flexibility index (Phi) is 3.34. The van der Waals surface area contributed by atoms with Crippen LogP contribution in [-0.4, -0.2) is 35.8 Å². The molecule has 0 spiro atoms. The average Bonchev–Trinajstić information content (AvgIpc) is 3.26. The van der Waals surface area contributed by atoms with Crippen molar-refractivity contribution in [2.75, 3.05) is 13.2 Å². The van der Waals surface area contributed by atoms with Gasteiger partial charge < -0.3 is 4.74 Å². The predicted molar refractivity (Wildman–Crippen MR) is 71.9 cm³/mol. The average molecular weight is 289 g/mol. The highest BCUT2D eigenvalue weighted by Gasteiger charge is 2.58. The van der Waals surface area contributed by atoms with E-state index in [1.807, 2.05) is 5.43 Å². The number of carbonyl (C=O) groups excluding carboxylic acids is 3. The van der Waals surface area contributed by atoms with Gasteiger partial charge in [0, 0.05) is 0 Å². The first kappa shape index (κ1) is 13.6. The lowest BCUT2D eigenvalue weighted by Gasteiger charge is -2.17. The summed E-state index contributed by atoms with van der Waals surface area (Å²) in [5.74, 6) is 4.59. The summed E-state index contributed by atoms with van der Waals surface area (Å²) in [6, 6.07) is 6.64. The molecule has 1 aliphatic carbocycles. The van der Waals surface area contributed by atoms with Crippen LogP contribution in [0.15, 0.2) is 24.3 Å². The largest absolute Gasteiger partial charge is 0.491 e. The summed E-state index contributed by atoms with van der Waals surface area (Å²) < 4.78 is 5.51. The molecule has 0 aromatic heterocycles. The van der Waals surface area contributed by atoms with E-state index in [2.05, 4.69) is 0 Å². The lowest BCUT2D eigenvalue weighted by Crippen LogP contribution is -2.36. The van der Waals surface area contributed by atoms with Gasteiger partial charge in [-0.3, -0.25) is 24.7 Å². The Bertz CT molecular complexity index is 596. The van der Waals surface area contributed by atoms with Crippen molar-refractivity contribution in [3.8, 4) is 5.75 Å². The molecule has 7 heteroatoms. The fraction of sp³-hybridized carbons (Fsp3) is 0.357. The minimum atomic E-state index is -0.458. The highest BCUT2D eigenvalue weighted by molar-refractivity contribution is 6.08. The number of amides is 3. The van der Waals surface area contributed by atoms with Gasteiger partial charge in [0.15, 0.2) is 0 Å². The molecule has 1 aromatic rings. The normalized spacial score (nSPS) is 23.0. The van der Waals surface area contributed by atoms with Gasteiger partial charge in [-0.2, -0.15) is 0 Å². The summed E-state index contributed by atoms with van der Waals surface area (Å²) in [5, 5.41) is 0. The Morgan fingerprint density at radius 2 is 1.95 bits per heavy atom. The van der Waals surface area contributed by atoms with Crippen LogP contribution < -0.4 is 16.0 Å². The molecule has 1 heterocycles. The van der Waals surface area contributed by atoms with E-state index in [4.69, 9.17) is 10.6 Å². The summed E-state index contributed by atoms with van der Waals surface area (Å²) in [4.78, 5) is 36.4. The molecule has 2 fully saturated rings. The number of nitrogens with two attached hydrogens (primary N) is 1. The molecule has 1 saturated carbocycles. The van der Waals surface area contributed by atoms with Crippen LogP contribution >= 0.6 is 0 Å². The lowest BCUT2D eigenvalue weighted by atomic mass is 10.2. The zero-order valence-electron chi connectivity index (χ0n) is 11.2. The number of nitrogen functional groups attached to an aromatic ring is 1. The van der Waals surface area contributed by atoms with Gasteiger partial charge in [-0.05, 0) is 18.6 Å². The van der Waals surface area contributed by atoms with Gasteiger partial charge in [0.2, 0.25) is 11.8 Å². The van der Waals surface area contributed by atoms with E-state index < -0.39 is 5.91 Å². The number of para-hydroxylation sites is 1. The Balaban J connectivity index is 1.60. The van der Waals surface area contributed by atoms with E-state index in [-0.39, 0.29) is 36.8 Å². The highest BCUT2D eigenvalue weighted by atomic mass is 16.5. The van der Waals surface area contributed by atoms with Gasteiger partial charge in [0.05, 0.1) is 23.9 Å². The molecule has 110 valence electrons. The topological polar surface area (TPSA) is 102 Å². The Hall–Kier alpha value is -2.41. The van der Waals surface area contributed by atoms with Crippen LogP contribution in [0, 0.1) is 11.8 Å². The minimum absolute atomic E-state index is 0.104. The SMILES string of the molecule is NNC(=O)c1ccccc1OCCN1C(=O)C2CC2C1=O. The van der Waals surface area contributed by atoms with Crippen LogP contribution in [0.25, 0.3) is 0 Å². The van der Waals surface area contributed by atoms with Crippen LogP contribution in [0.1, 0.15) is 16.8 Å². The summed E-state index contributed by atoms with van der Waals surface area (Å²) in [6.45, 7) is 0.342. The maximum Gasteiger partial charge on any atom is 0.268 e. The van der Waals surface area contributed by atoms with Crippen molar-refractivity contribution in [3.05, 3.63) is 29.8 Å². The molecule has 2 atom stereocenters. The molecule has 7 nitrogen and oxygen atoms in total. The zero-order valence-corrected chi connectivity index (χ0v) is 11.2.